The van der Waals surface area contributed by atoms with Gasteiger partial charge in [0.05, 0.1) is 0 Å². The van der Waals surface area contributed by atoms with Crippen molar-refractivity contribution in [2.24, 2.45) is 5.73 Å². The Bertz CT molecular complexity index is 493. The van der Waals surface area contributed by atoms with E-state index in [-0.39, 0.29) is 6.04 Å². The Balaban J connectivity index is 1.94. The van der Waals surface area contributed by atoms with E-state index in [1.807, 2.05) is 6.07 Å². The minimum absolute atomic E-state index is 0.0525. The molecular formula is C18H23NO. The van der Waals surface area contributed by atoms with Gasteiger partial charge >= 0.3 is 0 Å². The van der Waals surface area contributed by atoms with Gasteiger partial charge < -0.3 is 10.5 Å². The Kier molecular flexibility index (Phi) is 5.78. The molecule has 2 aromatic carbocycles. The zero-order valence-corrected chi connectivity index (χ0v) is 12.1. The highest BCUT2D eigenvalue weighted by Crippen LogP contribution is 2.22. The van der Waals surface area contributed by atoms with Crippen molar-refractivity contribution in [2.45, 2.75) is 25.8 Å². The minimum Gasteiger partial charge on any atom is -0.381 e. The monoisotopic (exact) mass is 269 g/mol. The highest BCUT2D eigenvalue weighted by atomic mass is 16.5. The molecule has 0 aliphatic rings. The average molecular weight is 269 g/mol. The predicted molar refractivity (Wildman–Crippen MR) is 84.5 cm³/mol. The summed E-state index contributed by atoms with van der Waals surface area (Å²) in [6.07, 6.45) is 1.92. The van der Waals surface area contributed by atoms with Crippen molar-refractivity contribution in [3.63, 3.8) is 0 Å². The fourth-order valence-electron chi connectivity index (χ4n) is 2.18. The summed E-state index contributed by atoms with van der Waals surface area (Å²) in [5.41, 5.74) is 9.82. The third kappa shape index (κ3) is 4.19. The van der Waals surface area contributed by atoms with Crippen LogP contribution in [-0.2, 0) is 4.74 Å². The van der Waals surface area contributed by atoms with Crippen LogP contribution in [0.15, 0.2) is 54.6 Å². The molecule has 0 amide bonds. The summed E-state index contributed by atoms with van der Waals surface area (Å²) in [6, 6.07) is 18.9. The molecule has 0 aromatic heterocycles. The number of benzene rings is 2. The first kappa shape index (κ1) is 14.8. The summed E-state index contributed by atoms with van der Waals surface area (Å²) in [5.74, 6) is 0. The number of hydrogen-bond acceptors (Lipinski definition) is 2. The number of hydrogen-bond donors (Lipinski definition) is 1. The van der Waals surface area contributed by atoms with Gasteiger partial charge in [-0.15, -0.1) is 0 Å². The fraction of sp³-hybridized carbons (Fsp3) is 0.333. The van der Waals surface area contributed by atoms with E-state index in [9.17, 15) is 0 Å². The molecule has 0 aliphatic carbocycles. The van der Waals surface area contributed by atoms with Gasteiger partial charge in [-0.3, -0.25) is 0 Å². The molecule has 1 atom stereocenters. The normalized spacial score (nSPS) is 12.3. The molecular weight excluding hydrogens is 246 g/mol. The van der Waals surface area contributed by atoms with E-state index in [0.717, 1.165) is 26.1 Å². The Morgan fingerprint density at radius 3 is 2.20 bits per heavy atom. The van der Waals surface area contributed by atoms with Gasteiger partial charge in [0.2, 0.25) is 0 Å². The summed E-state index contributed by atoms with van der Waals surface area (Å²) in [7, 11) is 0. The van der Waals surface area contributed by atoms with Crippen molar-refractivity contribution in [2.75, 3.05) is 13.2 Å². The first-order valence-corrected chi connectivity index (χ1v) is 7.30. The number of ether oxygens (including phenoxy) is 1. The lowest BCUT2D eigenvalue weighted by Crippen LogP contribution is -2.13. The van der Waals surface area contributed by atoms with Crippen LogP contribution in [0.1, 0.15) is 31.4 Å². The highest BCUT2D eigenvalue weighted by Gasteiger charge is 2.06. The van der Waals surface area contributed by atoms with Crippen LogP contribution in [0.5, 0.6) is 0 Å². The molecule has 2 N–H and O–H groups in total. The molecule has 2 nitrogen and oxygen atoms in total. The van der Waals surface area contributed by atoms with E-state index in [2.05, 4.69) is 55.5 Å². The maximum absolute atomic E-state index is 6.19. The Morgan fingerprint density at radius 1 is 0.900 bits per heavy atom. The van der Waals surface area contributed by atoms with Gasteiger partial charge in [-0.25, -0.2) is 0 Å². The van der Waals surface area contributed by atoms with E-state index in [1.165, 1.54) is 16.7 Å². The summed E-state index contributed by atoms with van der Waals surface area (Å²) in [4.78, 5) is 0. The van der Waals surface area contributed by atoms with Crippen LogP contribution in [0.25, 0.3) is 11.1 Å². The first-order valence-electron chi connectivity index (χ1n) is 7.30. The van der Waals surface area contributed by atoms with Crippen LogP contribution < -0.4 is 5.73 Å². The van der Waals surface area contributed by atoms with Crippen molar-refractivity contribution in [3.05, 3.63) is 60.2 Å². The zero-order valence-electron chi connectivity index (χ0n) is 12.1. The quantitative estimate of drug-likeness (QED) is 0.766. The predicted octanol–water partition coefficient (Wildman–Crippen LogP) is 4.17. The summed E-state index contributed by atoms with van der Waals surface area (Å²) in [6.45, 7) is 3.66. The van der Waals surface area contributed by atoms with Crippen LogP contribution in [-0.4, -0.2) is 13.2 Å². The first-order chi connectivity index (χ1) is 9.81. The molecule has 20 heavy (non-hydrogen) atoms. The maximum Gasteiger partial charge on any atom is 0.0484 e. The third-order valence-electron chi connectivity index (χ3n) is 3.37. The van der Waals surface area contributed by atoms with Crippen molar-refractivity contribution < 1.29 is 4.74 Å². The number of nitrogens with two attached hydrogens (primary N) is 1. The van der Waals surface area contributed by atoms with Crippen molar-refractivity contribution in [3.8, 4) is 11.1 Å². The zero-order chi connectivity index (χ0) is 14.2. The minimum atomic E-state index is 0.0525. The lowest BCUT2D eigenvalue weighted by molar-refractivity contribution is 0.128. The molecule has 0 heterocycles. The van der Waals surface area contributed by atoms with E-state index in [0.29, 0.717) is 0 Å². The van der Waals surface area contributed by atoms with E-state index >= 15 is 0 Å². The van der Waals surface area contributed by atoms with E-state index in [4.69, 9.17) is 10.5 Å². The molecule has 0 fully saturated rings. The van der Waals surface area contributed by atoms with Gasteiger partial charge in [-0.05, 0) is 29.5 Å². The van der Waals surface area contributed by atoms with Crippen LogP contribution in [0.4, 0.5) is 0 Å². The Labute approximate surface area is 121 Å². The lowest BCUT2D eigenvalue weighted by Gasteiger charge is -2.13. The van der Waals surface area contributed by atoms with Gasteiger partial charge in [0.25, 0.3) is 0 Å². The van der Waals surface area contributed by atoms with Crippen molar-refractivity contribution >= 4 is 0 Å². The Morgan fingerprint density at radius 2 is 1.55 bits per heavy atom. The summed E-state index contributed by atoms with van der Waals surface area (Å²) in [5, 5.41) is 0. The molecule has 0 aliphatic heterocycles. The second kappa shape index (κ2) is 7.83. The number of rotatable bonds is 7. The standard InChI is InChI=1S/C18H23NO/c1-2-13-20-14-12-18(19)17-10-8-16(9-11-17)15-6-4-3-5-7-15/h3-11,18H,2,12-14,19H2,1H3. The summed E-state index contributed by atoms with van der Waals surface area (Å²) >= 11 is 0. The molecule has 0 saturated heterocycles. The SMILES string of the molecule is CCCOCCC(N)c1ccc(-c2ccccc2)cc1. The second-order valence-electron chi connectivity index (χ2n) is 5.00. The molecule has 2 aromatic rings. The molecule has 0 spiro atoms. The van der Waals surface area contributed by atoms with Gasteiger partial charge in [0.1, 0.15) is 0 Å². The molecule has 0 bridgehead atoms. The molecule has 0 radical (unpaired) electrons. The van der Waals surface area contributed by atoms with Gasteiger partial charge in [-0.1, -0.05) is 61.5 Å². The topological polar surface area (TPSA) is 35.2 Å². The van der Waals surface area contributed by atoms with Gasteiger partial charge in [0, 0.05) is 19.3 Å². The van der Waals surface area contributed by atoms with Gasteiger partial charge in [0.15, 0.2) is 0 Å². The van der Waals surface area contributed by atoms with Gasteiger partial charge in [-0.2, -0.15) is 0 Å². The smallest absolute Gasteiger partial charge is 0.0484 e. The van der Waals surface area contributed by atoms with Crippen LogP contribution in [0.3, 0.4) is 0 Å². The molecule has 2 heteroatoms. The Hall–Kier alpha value is -1.64. The largest absolute Gasteiger partial charge is 0.381 e. The molecule has 0 saturated carbocycles. The average Bonchev–Trinajstić information content (AvgIpc) is 2.52. The van der Waals surface area contributed by atoms with Crippen LogP contribution in [0, 0.1) is 0 Å². The molecule has 1 unspecified atom stereocenters. The second-order valence-corrected chi connectivity index (χ2v) is 5.00. The van der Waals surface area contributed by atoms with Crippen molar-refractivity contribution in [1.82, 2.24) is 0 Å². The fourth-order valence-corrected chi connectivity index (χ4v) is 2.18. The highest BCUT2D eigenvalue weighted by molar-refractivity contribution is 5.63. The van der Waals surface area contributed by atoms with Crippen molar-refractivity contribution in [1.29, 1.82) is 0 Å². The summed E-state index contributed by atoms with van der Waals surface area (Å²) < 4.78 is 5.49. The van der Waals surface area contributed by atoms with E-state index < -0.39 is 0 Å². The van der Waals surface area contributed by atoms with E-state index in [1.54, 1.807) is 0 Å². The molecule has 106 valence electrons. The third-order valence-corrected chi connectivity index (χ3v) is 3.37. The lowest BCUT2D eigenvalue weighted by atomic mass is 10.00. The van der Waals surface area contributed by atoms with Crippen LogP contribution >= 0.6 is 0 Å². The molecule has 2 rings (SSSR count). The maximum atomic E-state index is 6.19. The van der Waals surface area contributed by atoms with Crippen LogP contribution in [0.2, 0.25) is 0 Å².